The number of ether oxygens (including phenoxy) is 2. The third-order valence-corrected chi connectivity index (χ3v) is 4.37. The average molecular weight is 426 g/mol. The Hall–Kier alpha value is -3.35. The van der Waals surface area contributed by atoms with Crippen molar-refractivity contribution in [3.8, 4) is 11.5 Å². The maximum Gasteiger partial charge on any atom is 0.254 e. The number of hydrogen-bond donors (Lipinski definition) is 3. The summed E-state index contributed by atoms with van der Waals surface area (Å²) in [6.07, 6.45) is -0.725. The number of methoxy groups -OCH3 is 1. The molecule has 0 saturated heterocycles. The highest BCUT2D eigenvalue weighted by molar-refractivity contribution is 5.94. The molecular weight excluding hydrogens is 402 g/mol. The molecule has 0 heterocycles. The molecule has 0 bridgehead atoms. The van der Waals surface area contributed by atoms with Crippen LogP contribution in [0, 0.1) is 5.41 Å². The van der Waals surface area contributed by atoms with E-state index in [1.165, 1.54) is 7.11 Å². The zero-order valence-electron chi connectivity index (χ0n) is 16.5. The molecule has 0 radical (unpaired) electrons. The van der Waals surface area contributed by atoms with Crippen LogP contribution in [0.25, 0.3) is 0 Å². The Morgan fingerprint density at radius 3 is 2.13 bits per heavy atom. The summed E-state index contributed by atoms with van der Waals surface area (Å²) in [5.41, 5.74) is 7.74. The van der Waals surface area contributed by atoms with Gasteiger partial charge in [-0.25, -0.2) is 0 Å². The van der Waals surface area contributed by atoms with Crippen molar-refractivity contribution in [3.05, 3.63) is 95.6 Å². The van der Waals surface area contributed by atoms with Crippen LogP contribution >= 0.6 is 12.4 Å². The van der Waals surface area contributed by atoms with Crippen LogP contribution in [-0.2, 0) is 16.1 Å². The van der Waals surface area contributed by atoms with Gasteiger partial charge >= 0.3 is 0 Å². The molecular formula is C23H24ClN3O3. The first kappa shape index (κ1) is 22.9. The predicted octanol–water partition coefficient (Wildman–Crippen LogP) is 4.19. The summed E-state index contributed by atoms with van der Waals surface area (Å²) in [7, 11) is 1.50. The van der Waals surface area contributed by atoms with E-state index < -0.39 is 6.10 Å². The molecule has 7 heteroatoms. The average Bonchev–Trinajstić information content (AvgIpc) is 2.75. The first-order valence-electron chi connectivity index (χ1n) is 9.13. The Bertz CT molecular complexity index is 961. The SMILES string of the molecule is COC(C(=O)NCc1ccc(C(=N)N)cc1)c1ccc(Oc2ccccc2)cc1.Cl. The number of benzene rings is 3. The fourth-order valence-electron chi connectivity index (χ4n) is 2.81. The molecule has 0 aliphatic rings. The third-order valence-electron chi connectivity index (χ3n) is 4.37. The maximum absolute atomic E-state index is 12.6. The number of amides is 1. The van der Waals surface area contributed by atoms with Crippen LogP contribution < -0.4 is 15.8 Å². The van der Waals surface area contributed by atoms with Gasteiger partial charge in [0.05, 0.1) is 0 Å². The van der Waals surface area contributed by atoms with Crippen LogP contribution in [0.4, 0.5) is 0 Å². The zero-order valence-corrected chi connectivity index (χ0v) is 17.3. The van der Waals surface area contributed by atoms with E-state index in [4.69, 9.17) is 20.6 Å². The number of carbonyl (C=O) groups is 1. The van der Waals surface area contributed by atoms with Crippen LogP contribution in [0.15, 0.2) is 78.9 Å². The summed E-state index contributed by atoms with van der Waals surface area (Å²) in [4.78, 5) is 12.6. The van der Waals surface area contributed by atoms with Crippen molar-refractivity contribution >= 4 is 24.1 Å². The molecule has 0 aliphatic carbocycles. The van der Waals surface area contributed by atoms with Gasteiger partial charge in [-0.15, -0.1) is 12.4 Å². The zero-order chi connectivity index (χ0) is 20.6. The van der Waals surface area contributed by atoms with Crippen molar-refractivity contribution in [3.63, 3.8) is 0 Å². The molecule has 1 atom stereocenters. The lowest BCUT2D eigenvalue weighted by Crippen LogP contribution is -2.30. The highest BCUT2D eigenvalue weighted by Crippen LogP contribution is 2.24. The Balaban J connectivity index is 0.00000320. The summed E-state index contributed by atoms with van der Waals surface area (Å²) in [5, 5.41) is 10.3. The van der Waals surface area contributed by atoms with Crippen LogP contribution in [0.1, 0.15) is 22.8 Å². The molecule has 1 unspecified atom stereocenters. The van der Waals surface area contributed by atoms with E-state index in [0.717, 1.165) is 16.9 Å². The molecule has 0 saturated carbocycles. The second-order valence-corrected chi connectivity index (χ2v) is 6.43. The first-order valence-corrected chi connectivity index (χ1v) is 9.13. The number of nitrogens with two attached hydrogens (primary N) is 1. The molecule has 0 aromatic heterocycles. The van der Waals surface area contributed by atoms with Crippen LogP contribution in [0.3, 0.4) is 0 Å². The molecule has 30 heavy (non-hydrogen) atoms. The van der Waals surface area contributed by atoms with E-state index in [1.54, 1.807) is 12.1 Å². The van der Waals surface area contributed by atoms with Crippen LogP contribution in [-0.4, -0.2) is 18.9 Å². The van der Waals surface area contributed by atoms with E-state index in [9.17, 15) is 4.79 Å². The smallest absolute Gasteiger partial charge is 0.254 e. The monoisotopic (exact) mass is 425 g/mol. The second kappa shape index (κ2) is 11.0. The van der Waals surface area contributed by atoms with Gasteiger partial charge in [-0.3, -0.25) is 10.2 Å². The van der Waals surface area contributed by atoms with Gasteiger partial charge in [0.15, 0.2) is 6.10 Å². The summed E-state index contributed by atoms with van der Waals surface area (Å²) in [6.45, 7) is 0.353. The topological polar surface area (TPSA) is 97.4 Å². The number of carbonyl (C=O) groups excluding carboxylic acids is 1. The number of nitrogen functional groups attached to an aromatic ring is 1. The minimum Gasteiger partial charge on any atom is -0.457 e. The fraction of sp³-hybridized carbons (Fsp3) is 0.130. The molecule has 3 aromatic rings. The molecule has 156 valence electrons. The van der Waals surface area contributed by atoms with Gasteiger partial charge in [0.2, 0.25) is 0 Å². The third kappa shape index (κ3) is 6.07. The highest BCUT2D eigenvalue weighted by atomic mass is 35.5. The first-order chi connectivity index (χ1) is 14.1. The van der Waals surface area contributed by atoms with Crippen molar-refractivity contribution in [1.82, 2.24) is 5.32 Å². The van der Waals surface area contributed by atoms with E-state index >= 15 is 0 Å². The summed E-state index contributed by atoms with van der Waals surface area (Å²) < 4.78 is 11.2. The predicted molar refractivity (Wildman–Crippen MR) is 119 cm³/mol. The number of nitrogens with one attached hydrogen (secondary N) is 2. The summed E-state index contributed by atoms with van der Waals surface area (Å²) in [6, 6.07) is 23.9. The minimum absolute atomic E-state index is 0. The van der Waals surface area contributed by atoms with Crippen molar-refractivity contribution in [2.45, 2.75) is 12.6 Å². The number of rotatable bonds is 8. The summed E-state index contributed by atoms with van der Waals surface area (Å²) >= 11 is 0. The van der Waals surface area contributed by atoms with Gasteiger partial charge < -0.3 is 20.5 Å². The van der Waals surface area contributed by atoms with E-state index in [2.05, 4.69) is 5.32 Å². The second-order valence-electron chi connectivity index (χ2n) is 6.43. The summed E-state index contributed by atoms with van der Waals surface area (Å²) in [5.74, 6) is 1.21. The van der Waals surface area contributed by atoms with Crippen molar-refractivity contribution < 1.29 is 14.3 Å². The highest BCUT2D eigenvalue weighted by Gasteiger charge is 2.19. The standard InChI is InChI=1S/C23H23N3O3.ClH/c1-28-21(23(27)26-15-16-7-9-18(10-8-16)22(24)25)17-11-13-20(14-12-17)29-19-5-3-2-4-6-19;/h2-14,21H,15H2,1H3,(H3,24,25)(H,26,27);1H. The quantitative estimate of drug-likeness (QED) is 0.372. The van der Waals surface area contributed by atoms with Gasteiger partial charge in [-0.2, -0.15) is 0 Å². The van der Waals surface area contributed by atoms with Gasteiger partial charge in [-0.1, -0.05) is 54.6 Å². The Morgan fingerprint density at radius 1 is 0.967 bits per heavy atom. The van der Waals surface area contributed by atoms with E-state index in [0.29, 0.717) is 17.9 Å². The van der Waals surface area contributed by atoms with Crippen molar-refractivity contribution in [1.29, 1.82) is 5.41 Å². The van der Waals surface area contributed by atoms with Gasteiger partial charge in [0.1, 0.15) is 17.3 Å². The normalized spacial score (nSPS) is 11.1. The maximum atomic E-state index is 12.6. The van der Waals surface area contributed by atoms with Crippen molar-refractivity contribution in [2.24, 2.45) is 5.73 Å². The molecule has 0 fully saturated rings. The lowest BCUT2D eigenvalue weighted by molar-refractivity contribution is -0.131. The van der Waals surface area contributed by atoms with E-state index in [1.807, 2.05) is 66.7 Å². The number of hydrogen-bond acceptors (Lipinski definition) is 4. The van der Waals surface area contributed by atoms with Gasteiger partial charge in [-0.05, 0) is 35.4 Å². The molecule has 1 amide bonds. The Kier molecular flexibility index (Phi) is 8.41. The van der Waals surface area contributed by atoms with Gasteiger partial charge in [0.25, 0.3) is 5.91 Å². The number of halogens is 1. The minimum atomic E-state index is -0.725. The van der Waals surface area contributed by atoms with Crippen LogP contribution in [0.2, 0.25) is 0 Å². The van der Waals surface area contributed by atoms with Gasteiger partial charge in [0, 0.05) is 19.2 Å². The largest absolute Gasteiger partial charge is 0.457 e. The number of para-hydroxylation sites is 1. The number of amidine groups is 1. The molecule has 4 N–H and O–H groups in total. The van der Waals surface area contributed by atoms with Crippen LogP contribution in [0.5, 0.6) is 11.5 Å². The Labute approximate surface area is 181 Å². The molecule has 3 rings (SSSR count). The Morgan fingerprint density at radius 2 is 1.57 bits per heavy atom. The van der Waals surface area contributed by atoms with Crippen molar-refractivity contribution in [2.75, 3.05) is 7.11 Å². The fourth-order valence-corrected chi connectivity index (χ4v) is 2.81. The molecule has 3 aromatic carbocycles. The lowest BCUT2D eigenvalue weighted by atomic mass is 10.1. The lowest BCUT2D eigenvalue weighted by Gasteiger charge is -2.16. The molecule has 0 aliphatic heterocycles. The molecule has 0 spiro atoms. The van der Waals surface area contributed by atoms with E-state index in [-0.39, 0.29) is 24.1 Å². The molecule has 6 nitrogen and oxygen atoms in total.